The van der Waals surface area contributed by atoms with E-state index in [0.29, 0.717) is 66.4 Å². The Kier molecular flexibility index (Phi) is 5.69. The molecule has 1 aliphatic rings. The zero-order valence-corrected chi connectivity index (χ0v) is 19.2. The van der Waals surface area contributed by atoms with E-state index >= 15 is 0 Å². The van der Waals surface area contributed by atoms with Gasteiger partial charge < -0.3 is 18.6 Å². The van der Waals surface area contributed by atoms with Gasteiger partial charge in [-0.25, -0.2) is 9.78 Å². The van der Waals surface area contributed by atoms with Crippen LogP contribution in [0.25, 0.3) is 16.7 Å². The van der Waals surface area contributed by atoms with Crippen molar-refractivity contribution in [3.63, 3.8) is 0 Å². The van der Waals surface area contributed by atoms with E-state index in [1.807, 2.05) is 17.6 Å². The second kappa shape index (κ2) is 8.81. The van der Waals surface area contributed by atoms with Gasteiger partial charge in [-0.3, -0.25) is 14.0 Å². The summed E-state index contributed by atoms with van der Waals surface area (Å²) in [5.41, 5.74) is 0.950. The predicted molar refractivity (Wildman–Crippen MR) is 127 cm³/mol. The highest BCUT2D eigenvalue weighted by Gasteiger charge is 2.28. The summed E-state index contributed by atoms with van der Waals surface area (Å²) < 4.78 is 14.3. The number of pyridine rings is 1. The standard InChI is InChI=1S/C25H26N4O5/c1-3-9-28-20(15-19-23(28)26-21-6-4-5-10-29(21)24(19)31)25(32)27-11-7-17(8-12-27)34-18-13-16(2)33-22(30)14-18/h4-6,10,13-15,17H,3,7-9,11-12H2,1-2H3. The molecule has 0 saturated carbocycles. The summed E-state index contributed by atoms with van der Waals surface area (Å²) in [5.74, 6) is 0.866. The van der Waals surface area contributed by atoms with Gasteiger partial charge in [0.1, 0.15) is 34.6 Å². The quantitative estimate of drug-likeness (QED) is 0.452. The average molecular weight is 463 g/mol. The molecule has 1 saturated heterocycles. The summed E-state index contributed by atoms with van der Waals surface area (Å²) in [7, 11) is 0. The topological polar surface area (TPSA) is 99.0 Å². The fourth-order valence-electron chi connectivity index (χ4n) is 4.55. The molecule has 0 aliphatic carbocycles. The lowest BCUT2D eigenvalue weighted by Crippen LogP contribution is -2.42. The summed E-state index contributed by atoms with van der Waals surface area (Å²) in [6.07, 6.45) is 3.68. The van der Waals surface area contributed by atoms with E-state index in [4.69, 9.17) is 9.15 Å². The molecule has 0 radical (unpaired) electrons. The molecule has 34 heavy (non-hydrogen) atoms. The van der Waals surface area contributed by atoms with E-state index in [-0.39, 0.29) is 17.6 Å². The van der Waals surface area contributed by atoms with Crippen LogP contribution in [-0.4, -0.2) is 44.0 Å². The molecule has 5 heterocycles. The summed E-state index contributed by atoms with van der Waals surface area (Å²) >= 11 is 0. The SMILES string of the molecule is CCCn1c(C(=O)N2CCC(Oc3cc(C)oc(=O)c3)CC2)cc2c(=O)n3ccccc3nc21. The Morgan fingerprint density at radius 1 is 1.18 bits per heavy atom. The lowest BCUT2D eigenvalue weighted by atomic mass is 10.1. The summed E-state index contributed by atoms with van der Waals surface area (Å²) in [6, 6.07) is 10.1. The third kappa shape index (κ3) is 3.98. The lowest BCUT2D eigenvalue weighted by molar-refractivity contribution is 0.0585. The third-order valence-electron chi connectivity index (χ3n) is 6.14. The van der Waals surface area contributed by atoms with Gasteiger partial charge in [0.15, 0.2) is 0 Å². The zero-order chi connectivity index (χ0) is 23.8. The fraction of sp³-hybridized carbons (Fsp3) is 0.360. The van der Waals surface area contributed by atoms with Gasteiger partial charge in [-0.1, -0.05) is 13.0 Å². The van der Waals surface area contributed by atoms with E-state index in [1.165, 1.54) is 10.5 Å². The van der Waals surface area contributed by atoms with Crippen molar-refractivity contribution < 1.29 is 13.9 Å². The number of rotatable bonds is 5. The number of ether oxygens (including phenoxy) is 1. The maximum Gasteiger partial charge on any atom is 0.339 e. The molecular weight excluding hydrogens is 436 g/mol. The van der Waals surface area contributed by atoms with Crippen molar-refractivity contribution >= 4 is 22.6 Å². The zero-order valence-electron chi connectivity index (χ0n) is 19.2. The summed E-state index contributed by atoms with van der Waals surface area (Å²) in [5, 5.41) is 0.442. The van der Waals surface area contributed by atoms with Crippen LogP contribution >= 0.6 is 0 Å². The van der Waals surface area contributed by atoms with Crippen LogP contribution in [0.2, 0.25) is 0 Å². The van der Waals surface area contributed by atoms with Crippen molar-refractivity contribution in [3.05, 3.63) is 74.8 Å². The van der Waals surface area contributed by atoms with Crippen molar-refractivity contribution in [2.45, 2.75) is 45.8 Å². The normalized spacial score (nSPS) is 14.7. The van der Waals surface area contributed by atoms with Crippen LogP contribution in [0.4, 0.5) is 0 Å². The first kappa shape index (κ1) is 21.9. The minimum absolute atomic E-state index is 0.0941. The molecule has 5 rings (SSSR count). The molecule has 9 heteroatoms. The molecule has 1 fully saturated rings. The average Bonchev–Trinajstić information content (AvgIpc) is 3.17. The molecule has 4 aromatic heterocycles. The molecule has 0 atom stereocenters. The van der Waals surface area contributed by atoms with E-state index < -0.39 is 5.63 Å². The van der Waals surface area contributed by atoms with Gasteiger partial charge >= 0.3 is 5.63 Å². The van der Waals surface area contributed by atoms with Gasteiger partial charge in [0.2, 0.25) is 0 Å². The Bertz CT molecular complexity index is 1490. The minimum atomic E-state index is -0.441. The summed E-state index contributed by atoms with van der Waals surface area (Å²) in [6.45, 7) is 5.37. The molecule has 0 N–H and O–H groups in total. The predicted octanol–water partition coefficient (Wildman–Crippen LogP) is 3.00. The van der Waals surface area contributed by atoms with Crippen LogP contribution in [-0.2, 0) is 6.54 Å². The van der Waals surface area contributed by atoms with Crippen molar-refractivity contribution in [2.75, 3.05) is 13.1 Å². The first-order chi connectivity index (χ1) is 16.4. The second-order valence-electron chi connectivity index (χ2n) is 8.60. The highest BCUT2D eigenvalue weighted by atomic mass is 16.5. The number of amides is 1. The number of piperidine rings is 1. The minimum Gasteiger partial charge on any atom is -0.490 e. The number of fused-ring (bicyclic) bond motifs is 2. The van der Waals surface area contributed by atoms with Crippen LogP contribution in [0.15, 0.2) is 56.6 Å². The fourth-order valence-corrected chi connectivity index (χ4v) is 4.55. The number of hydrogen-bond donors (Lipinski definition) is 0. The van der Waals surface area contributed by atoms with E-state index in [0.717, 1.165) is 6.42 Å². The Morgan fingerprint density at radius 3 is 2.71 bits per heavy atom. The van der Waals surface area contributed by atoms with E-state index in [9.17, 15) is 14.4 Å². The number of hydrogen-bond acceptors (Lipinski definition) is 6. The molecule has 4 aromatic rings. The van der Waals surface area contributed by atoms with Crippen LogP contribution in [0.1, 0.15) is 42.4 Å². The molecule has 176 valence electrons. The van der Waals surface area contributed by atoms with Crippen molar-refractivity contribution in [1.82, 2.24) is 18.9 Å². The van der Waals surface area contributed by atoms with Crippen molar-refractivity contribution in [3.8, 4) is 5.75 Å². The van der Waals surface area contributed by atoms with Gasteiger partial charge in [-0.05, 0) is 31.5 Å². The van der Waals surface area contributed by atoms with Gasteiger partial charge in [-0.15, -0.1) is 0 Å². The second-order valence-corrected chi connectivity index (χ2v) is 8.60. The molecule has 1 aliphatic heterocycles. The molecule has 0 bridgehead atoms. The van der Waals surface area contributed by atoms with E-state index in [1.54, 1.807) is 42.3 Å². The first-order valence-electron chi connectivity index (χ1n) is 11.5. The highest BCUT2D eigenvalue weighted by Crippen LogP contribution is 2.23. The number of likely N-dealkylation sites (tertiary alicyclic amines) is 1. The smallest absolute Gasteiger partial charge is 0.339 e. The van der Waals surface area contributed by atoms with Crippen LogP contribution in [0.5, 0.6) is 5.75 Å². The number of aryl methyl sites for hydroxylation is 2. The van der Waals surface area contributed by atoms with E-state index in [2.05, 4.69) is 4.98 Å². The van der Waals surface area contributed by atoms with Gasteiger partial charge in [0.05, 0.1) is 11.5 Å². The highest BCUT2D eigenvalue weighted by molar-refractivity contribution is 5.98. The van der Waals surface area contributed by atoms with Crippen LogP contribution in [0, 0.1) is 6.92 Å². The molecule has 1 amide bonds. The molecule has 0 spiro atoms. The first-order valence-corrected chi connectivity index (χ1v) is 11.5. The Labute approximate surface area is 195 Å². The number of aromatic nitrogens is 3. The van der Waals surface area contributed by atoms with Crippen LogP contribution in [0.3, 0.4) is 0 Å². The molecule has 0 aromatic carbocycles. The molecular formula is C25H26N4O5. The maximum absolute atomic E-state index is 13.5. The number of carbonyl (C=O) groups is 1. The monoisotopic (exact) mass is 462 g/mol. The van der Waals surface area contributed by atoms with Gasteiger partial charge in [0.25, 0.3) is 11.5 Å². The maximum atomic E-state index is 13.5. The lowest BCUT2D eigenvalue weighted by Gasteiger charge is -2.32. The number of carbonyl (C=O) groups excluding carboxylic acids is 1. The molecule has 0 unspecified atom stereocenters. The van der Waals surface area contributed by atoms with Gasteiger partial charge in [0, 0.05) is 44.7 Å². The summed E-state index contributed by atoms with van der Waals surface area (Å²) in [4.78, 5) is 44.6. The number of nitrogens with zero attached hydrogens (tertiary/aromatic N) is 4. The molecule has 9 nitrogen and oxygen atoms in total. The van der Waals surface area contributed by atoms with Gasteiger partial charge in [-0.2, -0.15) is 0 Å². The van der Waals surface area contributed by atoms with Crippen molar-refractivity contribution in [2.24, 2.45) is 0 Å². The van der Waals surface area contributed by atoms with Crippen LogP contribution < -0.4 is 15.9 Å². The third-order valence-corrected chi connectivity index (χ3v) is 6.14. The van der Waals surface area contributed by atoms with Crippen molar-refractivity contribution in [1.29, 1.82) is 0 Å². The Morgan fingerprint density at radius 2 is 1.97 bits per heavy atom. The Hall–Kier alpha value is -3.88. The largest absolute Gasteiger partial charge is 0.490 e. The Balaban J connectivity index is 1.39.